The largest absolute Gasteiger partial charge is 0.395 e. The van der Waals surface area contributed by atoms with Gasteiger partial charge in [-0.1, -0.05) is 27.7 Å². The van der Waals surface area contributed by atoms with Crippen molar-refractivity contribution in [3.05, 3.63) is 24.3 Å². The van der Waals surface area contributed by atoms with E-state index in [0.717, 1.165) is 17.9 Å². The number of hydrazine groups is 1. The second-order valence-electron chi connectivity index (χ2n) is 2.99. The van der Waals surface area contributed by atoms with Gasteiger partial charge in [-0.25, -0.2) is 0 Å². The van der Waals surface area contributed by atoms with Crippen LogP contribution < -0.4 is 16.2 Å². The fourth-order valence-corrected chi connectivity index (χ4v) is 1.36. The Labute approximate surface area is 112 Å². The van der Waals surface area contributed by atoms with Crippen molar-refractivity contribution in [3.63, 3.8) is 0 Å². The smallest absolute Gasteiger partial charge is 0.0606 e. The zero-order valence-electron chi connectivity index (χ0n) is 12.4. The maximum atomic E-state index is 8.86. The second kappa shape index (κ2) is 13.8. The van der Waals surface area contributed by atoms with Gasteiger partial charge in [0.25, 0.3) is 0 Å². The number of likely N-dealkylation sites (N-methyl/N-ethyl adjacent to an activating group) is 1. The maximum absolute atomic E-state index is 8.86. The van der Waals surface area contributed by atoms with Crippen molar-refractivity contribution >= 4 is 11.4 Å². The summed E-state index contributed by atoms with van der Waals surface area (Å²) in [4.78, 5) is 2.10. The molecular weight excluding hydrogens is 226 g/mol. The highest BCUT2D eigenvalue weighted by Crippen LogP contribution is 2.16. The molecule has 4 nitrogen and oxygen atoms in total. The predicted octanol–water partition coefficient (Wildman–Crippen LogP) is 2.84. The zero-order chi connectivity index (χ0) is 14.4. The van der Waals surface area contributed by atoms with Crippen LogP contribution in [-0.2, 0) is 0 Å². The van der Waals surface area contributed by atoms with Gasteiger partial charge in [-0.05, 0) is 31.2 Å². The van der Waals surface area contributed by atoms with Crippen LogP contribution in [0.15, 0.2) is 24.3 Å². The van der Waals surface area contributed by atoms with Gasteiger partial charge in [0, 0.05) is 24.5 Å². The van der Waals surface area contributed by atoms with Crippen LogP contribution in [0.3, 0.4) is 0 Å². The molecule has 0 saturated carbocycles. The fraction of sp³-hybridized carbons (Fsp3) is 0.571. The molecule has 1 aromatic rings. The summed E-state index contributed by atoms with van der Waals surface area (Å²) >= 11 is 0. The first-order valence-electron chi connectivity index (χ1n) is 6.74. The topological polar surface area (TPSA) is 61.5 Å². The van der Waals surface area contributed by atoms with Crippen LogP contribution >= 0.6 is 0 Å². The Hall–Kier alpha value is -1.26. The van der Waals surface area contributed by atoms with Crippen molar-refractivity contribution in [1.82, 2.24) is 0 Å². The van der Waals surface area contributed by atoms with Crippen LogP contribution in [0.4, 0.5) is 11.4 Å². The molecule has 0 aliphatic carbocycles. The molecule has 0 amide bonds. The van der Waals surface area contributed by atoms with E-state index in [1.54, 1.807) is 0 Å². The SMILES string of the molecule is CC.CC.CCN(CCO)c1ccc(NN)cc1. The first-order chi connectivity index (χ1) is 8.81. The van der Waals surface area contributed by atoms with Crippen LogP contribution in [0, 0.1) is 0 Å². The van der Waals surface area contributed by atoms with E-state index in [2.05, 4.69) is 17.2 Å². The Morgan fingerprint density at radius 2 is 1.61 bits per heavy atom. The van der Waals surface area contributed by atoms with E-state index in [9.17, 15) is 0 Å². The van der Waals surface area contributed by atoms with Crippen LogP contribution in [0.25, 0.3) is 0 Å². The second-order valence-corrected chi connectivity index (χ2v) is 2.99. The summed E-state index contributed by atoms with van der Waals surface area (Å²) in [5.41, 5.74) is 4.56. The van der Waals surface area contributed by atoms with Crippen molar-refractivity contribution in [2.75, 3.05) is 30.0 Å². The number of benzene rings is 1. The van der Waals surface area contributed by atoms with Gasteiger partial charge in [0.1, 0.15) is 0 Å². The molecule has 106 valence electrons. The van der Waals surface area contributed by atoms with Gasteiger partial charge in [0.2, 0.25) is 0 Å². The van der Waals surface area contributed by atoms with E-state index < -0.39 is 0 Å². The molecule has 4 N–H and O–H groups in total. The molecule has 0 aliphatic rings. The summed E-state index contributed by atoms with van der Waals surface area (Å²) in [5.74, 6) is 5.26. The molecule has 0 aliphatic heterocycles. The lowest BCUT2D eigenvalue weighted by Gasteiger charge is -2.22. The van der Waals surface area contributed by atoms with E-state index in [0.29, 0.717) is 6.54 Å². The van der Waals surface area contributed by atoms with Gasteiger partial charge < -0.3 is 15.4 Å². The van der Waals surface area contributed by atoms with Crippen molar-refractivity contribution in [1.29, 1.82) is 0 Å². The minimum atomic E-state index is 0.171. The molecule has 0 heterocycles. The third kappa shape index (κ3) is 7.14. The van der Waals surface area contributed by atoms with Crippen molar-refractivity contribution in [2.45, 2.75) is 34.6 Å². The summed E-state index contributed by atoms with van der Waals surface area (Å²) in [7, 11) is 0. The maximum Gasteiger partial charge on any atom is 0.0606 e. The molecule has 0 spiro atoms. The Morgan fingerprint density at radius 3 is 1.94 bits per heavy atom. The summed E-state index contributed by atoms with van der Waals surface area (Å²) in [6.45, 7) is 11.8. The Morgan fingerprint density at radius 1 is 1.11 bits per heavy atom. The molecule has 18 heavy (non-hydrogen) atoms. The Kier molecular flexibility index (Phi) is 14.6. The number of anilines is 2. The molecule has 0 radical (unpaired) electrons. The number of hydrogen-bond acceptors (Lipinski definition) is 4. The van der Waals surface area contributed by atoms with Gasteiger partial charge in [-0.15, -0.1) is 0 Å². The highest BCUT2D eigenvalue weighted by Gasteiger charge is 2.02. The lowest BCUT2D eigenvalue weighted by Crippen LogP contribution is -2.26. The molecule has 1 rings (SSSR count). The fourth-order valence-electron chi connectivity index (χ4n) is 1.36. The third-order valence-corrected chi connectivity index (χ3v) is 2.15. The predicted molar refractivity (Wildman–Crippen MR) is 81.9 cm³/mol. The van der Waals surface area contributed by atoms with Crippen LogP contribution in [0.2, 0.25) is 0 Å². The number of aliphatic hydroxyl groups is 1. The number of aliphatic hydroxyl groups excluding tert-OH is 1. The molecule has 0 saturated heterocycles. The van der Waals surface area contributed by atoms with Gasteiger partial charge in [0.05, 0.1) is 6.61 Å². The van der Waals surface area contributed by atoms with E-state index in [4.69, 9.17) is 10.9 Å². The summed E-state index contributed by atoms with van der Waals surface area (Å²) in [5, 5.41) is 8.86. The molecule has 0 fully saturated rings. The van der Waals surface area contributed by atoms with Crippen molar-refractivity contribution in [2.24, 2.45) is 5.84 Å². The average Bonchev–Trinajstić information content (AvgIpc) is 2.49. The number of hydrogen-bond donors (Lipinski definition) is 3. The molecule has 0 atom stereocenters. The highest BCUT2D eigenvalue weighted by molar-refractivity contribution is 5.54. The normalized spacial score (nSPS) is 8.39. The van der Waals surface area contributed by atoms with Gasteiger partial charge in [-0.3, -0.25) is 5.84 Å². The molecule has 1 aromatic carbocycles. The minimum Gasteiger partial charge on any atom is -0.395 e. The summed E-state index contributed by atoms with van der Waals surface area (Å²) in [6, 6.07) is 7.79. The van der Waals surface area contributed by atoms with E-state index in [-0.39, 0.29) is 6.61 Å². The van der Waals surface area contributed by atoms with Gasteiger partial charge >= 0.3 is 0 Å². The van der Waals surface area contributed by atoms with Gasteiger partial charge in [0.15, 0.2) is 0 Å². The average molecular weight is 255 g/mol. The standard InChI is InChI=1S/C10H17N3O.2C2H6/c1-2-13(7-8-14)10-5-3-9(12-11)4-6-10;2*1-2/h3-6,12,14H,2,7-8,11H2,1H3;2*1-2H3. The molecule has 0 unspecified atom stereocenters. The quantitative estimate of drug-likeness (QED) is 0.559. The minimum absolute atomic E-state index is 0.171. The van der Waals surface area contributed by atoms with E-state index >= 15 is 0 Å². The van der Waals surface area contributed by atoms with Crippen LogP contribution in [-0.4, -0.2) is 24.8 Å². The van der Waals surface area contributed by atoms with Gasteiger partial charge in [-0.2, -0.15) is 0 Å². The first-order valence-corrected chi connectivity index (χ1v) is 6.74. The van der Waals surface area contributed by atoms with E-state index in [1.165, 1.54) is 0 Å². The van der Waals surface area contributed by atoms with Crippen molar-refractivity contribution < 1.29 is 5.11 Å². The summed E-state index contributed by atoms with van der Waals surface area (Å²) in [6.07, 6.45) is 0. The first kappa shape index (κ1) is 19.1. The van der Waals surface area contributed by atoms with Crippen LogP contribution in [0.5, 0.6) is 0 Å². The number of nitrogens with two attached hydrogens (primary N) is 1. The van der Waals surface area contributed by atoms with E-state index in [1.807, 2.05) is 52.0 Å². The molecular formula is C14H29N3O. The Balaban J connectivity index is 0. The number of nitrogens with one attached hydrogen (secondary N) is 1. The third-order valence-electron chi connectivity index (χ3n) is 2.15. The Bertz CT molecular complexity index is 262. The summed E-state index contributed by atoms with van der Waals surface area (Å²) < 4.78 is 0. The number of nitrogens with zero attached hydrogens (tertiary/aromatic N) is 1. The lowest BCUT2D eigenvalue weighted by atomic mass is 10.2. The van der Waals surface area contributed by atoms with Crippen LogP contribution in [0.1, 0.15) is 34.6 Å². The number of rotatable bonds is 5. The number of nitrogen functional groups attached to an aromatic ring is 1. The lowest BCUT2D eigenvalue weighted by molar-refractivity contribution is 0.302. The molecule has 0 bridgehead atoms. The zero-order valence-corrected chi connectivity index (χ0v) is 12.4. The molecule has 0 aromatic heterocycles. The highest BCUT2D eigenvalue weighted by atomic mass is 16.3. The monoisotopic (exact) mass is 255 g/mol. The van der Waals surface area contributed by atoms with Crippen molar-refractivity contribution in [3.8, 4) is 0 Å². The molecule has 4 heteroatoms.